The molecule has 1 heterocycles. The minimum atomic E-state index is 0.392. The van der Waals surface area contributed by atoms with Gasteiger partial charge in [0.2, 0.25) is 5.88 Å². The van der Waals surface area contributed by atoms with Crippen molar-refractivity contribution < 1.29 is 4.74 Å². The number of pyridine rings is 1. The average molecular weight is 274 g/mol. The molecule has 3 rings (SSSR count). The zero-order valence-corrected chi connectivity index (χ0v) is 11.7. The topological polar surface area (TPSA) is 45.9 Å². The number of hydrogen-bond donors (Lipinski definition) is 0. The summed E-state index contributed by atoms with van der Waals surface area (Å²) in [5, 5.41) is 11.4. The number of nitriles is 1. The molecule has 0 spiro atoms. The van der Waals surface area contributed by atoms with Gasteiger partial charge in [-0.2, -0.15) is 5.26 Å². The maximum Gasteiger partial charge on any atom is 0.222 e. The molecule has 1 aromatic heterocycles. The molecule has 2 aromatic carbocycles. The maximum atomic E-state index is 9.46. The molecule has 0 fully saturated rings. The molecule has 0 N–H and O–H groups in total. The first-order valence-corrected chi connectivity index (χ1v) is 6.86. The van der Waals surface area contributed by atoms with Crippen LogP contribution in [0.2, 0.25) is 0 Å². The number of fused-ring (bicyclic) bond motifs is 1. The Morgan fingerprint density at radius 1 is 1.00 bits per heavy atom. The molecule has 0 aliphatic heterocycles. The summed E-state index contributed by atoms with van der Waals surface area (Å²) in [6.45, 7) is 2.43. The fourth-order valence-electron chi connectivity index (χ4n) is 2.46. The highest BCUT2D eigenvalue weighted by atomic mass is 16.5. The third kappa shape index (κ3) is 2.32. The lowest BCUT2D eigenvalue weighted by Crippen LogP contribution is -1.99. The van der Waals surface area contributed by atoms with E-state index in [2.05, 4.69) is 11.1 Å². The largest absolute Gasteiger partial charge is 0.477 e. The summed E-state index contributed by atoms with van der Waals surface area (Å²) >= 11 is 0. The number of rotatable bonds is 3. The summed E-state index contributed by atoms with van der Waals surface area (Å²) in [5.41, 5.74) is 2.24. The van der Waals surface area contributed by atoms with Gasteiger partial charge in [0.05, 0.1) is 6.61 Å². The molecule has 3 nitrogen and oxygen atoms in total. The van der Waals surface area contributed by atoms with Crippen LogP contribution >= 0.6 is 0 Å². The first kappa shape index (κ1) is 13.1. The first-order chi connectivity index (χ1) is 10.3. The van der Waals surface area contributed by atoms with Crippen LogP contribution in [0.1, 0.15) is 12.6 Å². The van der Waals surface area contributed by atoms with Gasteiger partial charge in [0.15, 0.2) is 5.69 Å². The Hall–Kier alpha value is -2.86. The average Bonchev–Trinajstić information content (AvgIpc) is 2.55. The number of ether oxygens (including phenoxy) is 1. The van der Waals surface area contributed by atoms with Gasteiger partial charge < -0.3 is 4.74 Å². The monoisotopic (exact) mass is 274 g/mol. The molecule has 0 amide bonds. The van der Waals surface area contributed by atoms with Crippen LogP contribution in [0.4, 0.5) is 0 Å². The molecule has 0 radical (unpaired) electrons. The van der Waals surface area contributed by atoms with Crippen molar-refractivity contribution in [2.75, 3.05) is 6.61 Å². The molecule has 0 bridgehead atoms. The van der Waals surface area contributed by atoms with E-state index in [-0.39, 0.29) is 0 Å². The molecule has 0 atom stereocenters. The van der Waals surface area contributed by atoms with Crippen molar-refractivity contribution in [2.45, 2.75) is 6.92 Å². The van der Waals surface area contributed by atoms with Crippen LogP contribution in [0, 0.1) is 11.3 Å². The van der Waals surface area contributed by atoms with E-state index in [1.807, 2.05) is 61.5 Å². The number of aromatic nitrogens is 1. The van der Waals surface area contributed by atoms with Gasteiger partial charge in [0, 0.05) is 10.9 Å². The van der Waals surface area contributed by atoms with Crippen LogP contribution in [0.25, 0.3) is 21.9 Å². The van der Waals surface area contributed by atoms with Crippen molar-refractivity contribution >= 4 is 10.8 Å². The van der Waals surface area contributed by atoms with Gasteiger partial charge >= 0.3 is 0 Å². The highest BCUT2D eigenvalue weighted by Crippen LogP contribution is 2.35. The van der Waals surface area contributed by atoms with Crippen molar-refractivity contribution in [2.24, 2.45) is 0 Å². The van der Waals surface area contributed by atoms with E-state index in [1.54, 1.807) is 0 Å². The Balaban J connectivity index is 2.39. The van der Waals surface area contributed by atoms with Crippen molar-refractivity contribution in [3.63, 3.8) is 0 Å². The number of benzene rings is 2. The molecular formula is C18H14N2O. The minimum Gasteiger partial charge on any atom is -0.477 e. The summed E-state index contributed by atoms with van der Waals surface area (Å²) in [4.78, 5) is 4.40. The predicted molar refractivity (Wildman–Crippen MR) is 83.1 cm³/mol. The zero-order chi connectivity index (χ0) is 14.7. The van der Waals surface area contributed by atoms with Crippen molar-refractivity contribution in [1.82, 2.24) is 4.98 Å². The van der Waals surface area contributed by atoms with E-state index in [0.29, 0.717) is 18.2 Å². The first-order valence-electron chi connectivity index (χ1n) is 6.86. The molecular weight excluding hydrogens is 260 g/mol. The van der Waals surface area contributed by atoms with E-state index in [4.69, 9.17) is 4.74 Å². The summed E-state index contributed by atoms with van der Waals surface area (Å²) in [7, 11) is 0. The predicted octanol–water partition coefficient (Wildman–Crippen LogP) is 4.17. The quantitative estimate of drug-likeness (QED) is 0.720. The summed E-state index contributed by atoms with van der Waals surface area (Å²) in [6, 6.07) is 19.9. The summed E-state index contributed by atoms with van der Waals surface area (Å²) < 4.78 is 5.59. The fourth-order valence-corrected chi connectivity index (χ4v) is 2.46. The third-order valence-electron chi connectivity index (χ3n) is 3.33. The van der Waals surface area contributed by atoms with E-state index in [9.17, 15) is 5.26 Å². The molecule has 0 unspecified atom stereocenters. The lowest BCUT2D eigenvalue weighted by Gasteiger charge is -2.12. The standard InChI is InChI=1S/C18H14N2O/c1-2-21-18-15-11-7-6-10-14(15)17(16(12-19)20-18)13-8-4-3-5-9-13/h3-11H,2H2,1H3. The summed E-state index contributed by atoms with van der Waals surface area (Å²) in [6.07, 6.45) is 0. The lowest BCUT2D eigenvalue weighted by atomic mass is 9.97. The normalized spacial score (nSPS) is 10.3. The van der Waals surface area contributed by atoms with Crippen molar-refractivity contribution in [3.8, 4) is 23.1 Å². The lowest BCUT2D eigenvalue weighted by molar-refractivity contribution is 0.331. The Bertz CT molecular complexity index is 820. The van der Waals surface area contributed by atoms with E-state index in [1.165, 1.54) is 0 Å². The number of nitrogens with zero attached hydrogens (tertiary/aromatic N) is 2. The van der Waals surface area contributed by atoms with Crippen LogP contribution in [0.3, 0.4) is 0 Å². The minimum absolute atomic E-state index is 0.392. The van der Waals surface area contributed by atoms with Crippen molar-refractivity contribution in [1.29, 1.82) is 5.26 Å². The fraction of sp³-hybridized carbons (Fsp3) is 0.111. The second-order valence-corrected chi connectivity index (χ2v) is 4.60. The van der Waals surface area contributed by atoms with E-state index < -0.39 is 0 Å². The molecule has 102 valence electrons. The Morgan fingerprint density at radius 3 is 2.33 bits per heavy atom. The van der Waals surface area contributed by atoms with Gasteiger partial charge in [-0.3, -0.25) is 0 Å². The molecule has 21 heavy (non-hydrogen) atoms. The third-order valence-corrected chi connectivity index (χ3v) is 3.33. The van der Waals surface area contributed by atoms with Crippen LogP contribution in [0.5, 0.6) is 5.88 Å². The second-order valence-electron chi connectivity index (χ2n) is 4.60. The molecule has 0 saturated carbocycles. The highest BCUT2D eigenvalue weighted by molar-refractivity contribution is 6.00. The van der Waals surface area contributed by atoms with Crippen molar-refractivity contribution in [3.05, 3.63) is 60.3 Å². The molecule has 3 heteroatoms. The van der Waals surface area contributed by atoms with Gasteiger partial charge in [-0.05, 0) is 23.9 Å². The number of hydrogen-bond acceptors (Lipinski definition) is 3. The summed E-state index contributed by atoms with van der Waals surface area (Å²) in [5.74, 6) is 0.518. The Morgan fingerprint density at radius 2 is 1.67 bits per heavy atom. The van der Waals surface area contributed by atoms with E-state index in [0.717, 1.165) is 21.9 Å². The van der Waals surface area contributed by atoms with Crippen LogP contribution < -0.4 is 4.74 Å². The van der Waals surface area contributed by atoms with Crippen LogP contribution in [0.15, 0.2) is 54.6 Å². The Kier molecular flexibility index (Phi) is 3.53. The zero-order valence-electron chi connectivity index (χ0n) is 11.7. The van der Waals surface area contributed by atoms with E-state index >= 15 is 0 Å². The second kappa shape index (κ2) is 5.64. The molecule has 3 aromatic rings. The molecule has 0 saturated heterocycles. The van der Waals surface area contributed by atoms with Gasteiger partial charge in [-0.15, -0.1) is 0 Å². The maximum absolute atomic E-state index is 9.46. The molecule has 0 aliphatic rings. The smallest absolute Gasteiger partial charge is 0.222 e. The van der Waals surface area contributed by atoms with Gasteiger partial charge in [-0.25, -0.2) is 4.98 Å². The van der Waals surface area contributed by atoms with Gasteiger partial charge in [-0.1, -0.05) is 48.5 Å². The van der Waals surface area contributed by atoms with Gasteiger partial charge in [0.1, 0.15) is 6.07 Å². The van der Waals surface area contributed by atoms with Gasteiger partial charge in [0.25, 0.3) is 0 Å². The van der Waals surface area contributed by atoms with Crippen LogP contribution in [-0.4, -0.2) is 11.6 Å². The van der Waals surface area contributed by atoms with Crippen LogP contribution in [-0.2, 0) is 0 Å². The SMILES string of the molecule is CCOc1nc(C#N)c(-c2ccccc2)c2ccccc12. The highest BCUT2D eigenvalue weighted by Gasteiger charge is 2.15. The Labute approximate surface area is 123 Å². The molecule has 0 aliphatic carbocycles.